The van der Waals surface area contributed by atoms with Crippen LogP contribution in [0.4, 0.5) is 20.7 Å². The summed E-state index contributed by atoms with van der Waals surface area (Å²) in [5.41, 5.74) is 3.14. The van der Waals surface area contributed by atoms with Crippen LogP contribution in [0.3, 0.4) is 0 Å². The number of urea groups is 1. The third-order valence-electron chi connectivity index (χ3n) is 6.57. The minimum absolute atomic E-state index is 0.184. The van der Waals surface area contributed by atoms with Crippen LogP contribution in [0.25, 0.3) is 0 Å². The van der Waals surface area contributed by atoms with Crippen LogP contribution in [0.1, 0.15) is 22.5 Å². The molecule has 1 aliphatic rings. The third-order valence-corrected chi connectivity index (χ3v) is 6.86. The molecule has 0 atom stereocenters. The molecular formula is C32H31ClFN7O3. The summed E-state index contributed by atoms with van der Waals surface area (Å²) in [7, 11) is 0. The van der Waals surface area contributed by atoms with Gasteiger partial charge in [-0.25, -0.2) is 24.1 Å². The van der Waals surface area contributed by atoms with Gasteiger partial charge in [0.05, 0.1) is 36.0 Å². The standard InChI is InChI=1S/C32H31ClFN7O3/c33-29-18-27(9-10-30(29)44-21-23-3-1-4-25(34)17-23)40-31-24(19-35-22-38-31)7-8-26-5-2-6-28(39-26)20-37-32(42)36-11-12-41-13-15-43-16-14-41/h1-6,9-10,17-19,22H,11-16,20-21H2,(H,35,38,40)(H2,36,37,42). The number of carbonyl (C=O) groups is 1. The molecule has 3 N–H and O–H groups in total. The Labute approximate surface area is 260 Å². The molecule has 0 bridgehead atoms. The molecule has 3 heterocycles. The summed E-state index contributed by atoms with van der Waals surface area (Å²) in [6, 6.07) is 16.6. The Hall–Kier alpha value is -4.76. The molecule has 2 aromatic carbocycles. The van der Waals surface area contributed by atoms with Crippen molar-refractivity contribution in [2.24, 2.45) is 0 Å². The van der Waals surface area contributed by atoms with E-state index in [-0.39, 0.29) is 25.0 Å². The van der Waals surface area contributed by atoms with Gasteiger partial charge in [0.1, 0.15) is 36.0 Å². The molecule has 1 fully saturated rings. The lowest BCUT2D eigenvalue weighted by Gasteiger charge is -2.26. The first-order valence-corrected chi connectivity index (χ1v) is 14.4. The monoisotopic (exact) mass is 615 g/mol. The Bertz CT molecular complexity index is 1640. The number of amides is 2. The molecule has 2 aromatic heterocycles. The largest absolute Gasteiger partial charge is 0.487 e. The first-order chi connectivity index (χ1) is 21.5. The second-order valence-corrected chi connectivity index (χ2v) is 10.2. The minimum Gasteiger partial charge on any atom is -0.487 e. The lowest BCUT2D eigenvalue weighted by Crippen LogP contribution is -2.43. The highest BCUT2D eigenvalue weighted by Gasteiger charge is 2.11. The molecule has 0 aliphatic carbocycles. The van der Waals surface area contributed by atoms with E-state index < -0.39 is 0 Å². The highest BCUT2D eigenvalue weighted by molar-refractivity contribution is 6.32. The summed E-state index contributed by atoms with van der Waals surface area (Å²) in [5.74, 6) is 6.75. The molecule has 5 rings (SSSR count). The third kappa shape index (κ3) is 9.37. The van der Waals surface area contributed by atoms with Crippen molar-refractivity contribution in [2.75, 3.05) is 44.7 Å². The van der Waals surface area contributed by atoms with Crippen LogP contribution in [-0.4, -0.2) is 65.3 Å². The van der Waals surface area contributed by atoms with E-state index >= 15 is 0 Å². The van der Waals surface area contributed by atoms with Crippen LogP contribution in [0, 0.1) is 17.7 Å². The Morgan fingerprint density at radius 1 is 1.07 bits per heavy atom. The van der Waals surface area contributed by atoms with Gasteiger partial charge in [-0.2, -0.15) is 0 Å². The number of halogens is 2. The fourth-order valence-corrected chi connectivity index (χ4v) is 4.54. The zero-order valence-corrected chi connectivity index (χ0v) is 24.6. The van der Waals surface area contributed by atoms with Crippen molar-refractivity contribution in [3.05, 3.63) is 107 Å². The van der Waals surface area contributed by atoms with E-state index in [1.54, 1.807) is 42.6 Å². The van der Waals surface area contributed by atoms with Crippen LogP contribution in [-0.2, 0) is 17.9 Å². The van der Waals surface area contributed by atoms with Crippen molar-refractivity contribution >= 4 is 29.1 Å². The second-order valence-electron chi connectivity index (χ2n) is 9.80. The zero-order chi connectivity index (χ0) is 30.6. The predicted octanol–water partition coefficient (Wildman–Crippen LogP) is 4.52. The van der Waals surface area contributed by atoms with Gasteiger partial charge in [-0.15, -0.1) is 0 Å². The van der Waals surface area contributed by atoms with Crippen molar-refractivity contribution in [1.82, 2.24) is 30.5 Å². The van der Waals surface area contributed by atoms with E-state index in [0.717, 1.165) is 32.8 Å². The van der Waals surface area contributed by atoms with Crippen LogP contribution in [0.2, 0.25) is 5.02 Å². The van der Waals surface area contributed by atoms with Crippen LogP contribution < -0.4 is 20.7 Å². The maximum Gasteiger partial charge on any atom is 0.315 e. The normalized spacial score (nSPS) is 13.0. The molecule has 2 amide bonds. The number of carbonyl (C=O) groups excluding carboxylic acids is 1. The van der Waals surface area contributed by atoms with Gasteiger partial charge in [0.2, 0.25) is 0 Å². The van der Waals surface area contributed by atoms with E-state index in [2.05, 4.69) is 47.6 Å². The molecule has 12 heteroatoms. The van der Waals surface area contributed by atoms with E-state index in [1.165, 1.54) is 18.5 Å². The summed E-state index contributed by atoms with van der Waals surface area (Å²) in [5, 5.41) is 9.30. The van der Waals surface area contributed by atoms with Gasteiger partial charge in [-0.3, -0.25) is 4.90 Å². The summed E-state index contributed by atoms with van der Waals surface area (Å²) < 4.78 is 24.5. The SMILES string of the molecule is O=C(NCCN1CCOCC1)NCc1cccc(C#Cc2cncnc2Nc2ccc(OCc3cccc(F)c3)c(Cl)c2)n1. The number of aromatic nitrogens is 3. The number of nitrogens with one attached hydrogen (secondary N) is 3. The molecule has 10 nitrogen and oxygen atoms in total. The second kappa shape index (κ2) is 15.6. The van der Waals surface area contributed by atoms with Gasteiger partial charge in [-0.1, -0.05) is 35.7 Å². The van der Waals surface area contributed by atoms with Gasteiger partial charge in [-0.05, 0) is 53.9 Å². The summed E-state index contributed by atoms with van der Waals surface area (Å²) in [6.45, 7) is 5.01. The van der Waals surface area contributed by atoms with Gasteiger partial charge >= 0.3 is 6.03 Å². The van der Waals surface area contributed by atoms with Crippen LogP contribution in [0.15, 0.2) is 73.2 Å². The number of nitrogens with zero attached hydrogens (tertiary/aromatic N) is 4. The smallest absolute Gasteiger partial charge is 0.315 e. The number of rotatable bonds is 10. The Balaban J connectivity index is 1.15. The van der Waals surface area contributed by atoms with Gasteiger partial charge in [0.25, 0.3) is 0 Å². The van der Waals surface area contributed by atoms with Crippen molar-refractivity contribution < 1.29 is 18.7 Å². The zero-order valence-electron chi connectivity index (χ0n) is 23.9. The molecule has 1 saturated heterocycles. The van der Waals surface area contributed by atoms with Crippen molar-refractivity contribution in [2.45, 2.75) is 13.2 Å². The van der Waals surface area contributed by atoms with Crippen LogP contribution >= 0.6 is 11.6 Å². The average Bonchev–Trinajstić information content (AvgIpc) is 3.04. The lowest BCUT2D eigenvalue weighted by molar-refractivity contribution is 0.0387. The molecule has 226 valence electrons. The maximum absolute atomic E-state index is 13.4. The van der Waals surface area contributed by atoms with Crippen molar-refractivity contribution in [3.63, 3.8) is 0 Å². The summed E-state index contributed by atoms with van der Waals surface area (Å²) in [6.07, 6.45) is 3.02. The number of hydrogen-bond donors (Lipinski definition) is 3. The van der Waals surface area contributed by atoms with Crippen LogP contribution in [0.5, 0.6) is 5.75 Å². The number of benzene rings is 2. The fourth-order valence-electron chi connectivity index (χ4n) is 4.31. The van der Waals surface area contributed by atoms with Crippen molar-refractivity contribution in [1.29, 1.82) is 0 Å². The molecule has 0 spiro atoms. The van der Waals surface area contributed by atoms with Gasteiger partial charge in [0.15, 0.2) is 0 Å². The van der Waals surface area contributed by atoms with E-state index in [1.807, 2.05) is 12.1 Å². The number of morpholine rings is 1. The number of anilines is 2. The fraction of sp³-hybridized carbons (Fsp3) is 0.250. The summed E-state index contributed by atoms with van der Waals surface area (Å²) in [4.78, 5) is 27.4. The maximum atomic E-state index is 13.4. The lowest BCUT2D eigenvalue weighted by atomic mass is 10.2. The average molecular weight is 616 g/mol. The highest BCUT2D eigenvalue weighted by atomic mass is 35.5. The van der Waals surface area contributed by atoms with Crippen molar-refractivity contribution in [3.8, 4) is 17.6 Å². The topological polar surface area (TPSA) is 114 Å². The number of pyridine rings is 1. The molecular weight excluding hydrogens is 585 g/mol. The van der Waals surface area contributed by atoms with E-state index in [4.69, 9.17) is 21.1 Å². The quantitative estimate of drug-likeness (QED) is 0.223. The molecule has 0 unspecified atom stereocenters. The Kier molecular flexibility index (Phi) is 10.9. The van der Waals surface area contributed by atoms with E-state index in [0.29, 0.717) is 51.3 Å². The molecule has 1 aliphatic heterocycles. The molecule has 44 heavy (non-hydrogen) atoms. The Morgan fingerprint density at radius 3 is 2.77 bits per heavy atom. The van der Waals surface area contributed by atoms with E-state index in [9.17, 15) is 9.18 Å². The summed E-state index contributed by atoms with van der Waals surface area (Å²) >= 11 is 6.45. The molecule has 0 radical (unpaired) electrons. The molecule has 0 saturated carbocycles. The first-order valence-electron chi connectivity index (χ1n) is 14.1. The Morgan fingerprint density at radius 2 is 1.93 bits per heavy atom. The van der Waals surface area contributed by atoms with Gasteiger partial charge in [0, 0.05) is 38.1 Å². The minimum atomic E-state index is -0.323. The molecule has 4 aromatic rings. The first kappa shape index (κ1) is 30.7. The highest BCUT2D eigenvalue weighted by Crippen LogP contribution is 2.30. The van der Waals surface area contributed by atoms with Gasteiger partial charge < -0.3 is 25.4 Å². The number of ether oxygens (including phenoxy) is 2. The number of hydrogen-bond acceptors (Lipinski definition) is 8. The predicted molar refractivity (Wildman–Crippen MR) is 165 cm³/mol.